The molecule has 0 bridgehead atoms. The zero-order valence-corrected chi connectivity index (χ0v) is 15.2. The summed E-state index contributed by atoms with van der Waals surface area (Å²) >= 11 is 6.23. The van der Waals surface area contributed by atoms with E-state index in [2.05, 4.69) is 20.4 Å². The van der Waals surface area contributed by atoms with Gasteiger partial charge in [-0.25, -0.2) is 9.97 Å². The molecule has 1 N–H and O–H groups in total. The minimum Gasteiger partial charge on any atom is -0.363 e. The molecule has 2 aromatic carbocycles. The van der Waals surface area contributed by atoms with E-state index in [4.69, 9.17) is 16.1 Å². The summed E-state index contributed by atoms with van der Waals surface area (Å²) in [5.74, 6) is 1.26. The molecule has 0 fully saturated rings. The van der Waals surface area contributed by atoms with Gasteiger partial charge in [0.05, 0.1) is 0 Å². The zero-order chi connectivity index (χ0) is 18.1. The van der Waals surface area contributed by atoms with E-state index in [0.29, 0.717) is 40.0 Å². The van der Waals surface area contributed by atoms with Crippen molar-refractivity contribution in [2.24, 2.45) is 0 Å². The molecule has 26 heavy (non-hydrogen) atoms. The first kappa shape index (κ1) is 16.5. The highest BCUT2D eigenvalue weighted by Gasteiger charge is 2.17. The Morgan fingerprint density at radius 1 is 1.00 bits per heavy atom. The molecule has 0 aliphatic carbocycles. The first-order valence-electron chi connectivity index (χ1n) is 8.30. The van der Waals surface area contributed by atoms with Gasteiger partial charge in [-0.1, -0.05) is 64.8 Å². The summed E-state index contributed by atoms with van der Waals surface area (Å²) in [5, 5.41) is 8.22. The van der Waals surface area contributed by atoms with Crippen LogP contribution in [0.25, 0.3) is 22.4 Å². The molecule has 6 heteroatoms. The fourth-order valence-electron chi connectivity index (χ4n) is 2.79. The third-order valence-corrected chi connectivity index (χ3v) is 4.53. The Morgan fingerprint density at radius 3 is 2.54 bits per heavy atom. The van der Waals surface area contributed by atoms with E-state index in [1.165, 1.54) is 5.56 Å². The van der Waals surface area contributed by atoms with Crippen LogP contribution in [0, 0.1) is 13.8 Å². The summed E-state index contributed by atoms with van der Waals surface area (Å²) in [4.78, 5) is 9.00. The number of hydrogen-bond acceptors (Lipinski definition) is 5. The van der Waals surface area contributed by atoms with Crippen LogP contribution < -0.4 is 5.32 Å². The predicted octanol–water partition coefficient (Wildman–Crippen LogP) is 5.17. The lowest BCUT2D eigenvalue weighted by Crippen LogP contribution is -2.04. The Balaban J connectivity index is 1.72. The van der Waals surface area contributed by atoms with Crippen molar-refractivity contribution in [3.05, 3.63) is 70.5 Å². The number of anilines is 1. The summed E-state index contributed by atoms with van der Waals surface area (Å²) in [6.07, 6.45) is 0. The van der Waals surface area contributed by atoms with Gasteiger partial charge in [-0.15, -0.1) is 0 Å². The average molecular weight is 365 g/mol. The van der Waals surface area contributed by atoms with E-state index in [-0.39, 0.29) is 0 Å². The standard InChI is InChI=1S/C20H17ClN4O/c1-12-7-9-14(10-8-12)17-18-19(26-25-17)20(24-13(2)23-18)22-11-15-5-3-4-6-16(15)21/h3-10H,11H2,1-2H3,(H,22,23,24). The molecule has 0 saturated carbocycles. The van der Waals surface area contributed by atoms with E-state index in [1.54, 1.807) is 0 Å². The third kappa shape index (κ3) is 3.13. The lowest BCUT2D eigenvalue weighted by atomic mass is 10.1. The Kier molecular flexibility index (Phi) is 4.31. The predicted molar refractivity (Wildman–Crippen MR) is 103 cm³/mol. The minimum atomic E-state index is 0.534. The van der Waals surface area contributed by atoms with E-state index >= 15 is 0 Å². The van der Waals surface area contributed by atoms with Gasteiger partial charge in [-0.2, -0.15) is 0 Å². The van der Waals surface area contributed by atoms with Crippen LogP contribution in [-0.2, 0) is 6.54 Å². The second kappa shape index (κ2) is 6.77. The lowest BCUT2D eigenvalue weighted by molar-refractivity contribution is 0.459. The monoisotopic (exact) mass is 364 g/mol. The fraction of sp³-hybridized carbons (Fsp3) is 0.150. The van der Waals surface area contributed by atoms with Crippen LogP contribution in [0.2, 0.25) is 5.02 Å². The van der Waals surface area contributed by atoms with Gasteiger partial charge in [-0.3, -0.25) is 0 Å². The molecular formula is C20H17ClN4O. The highest BCUT2D eigenvalue weighted by atomic mass is 35.5. The summed E-state index contributed by atoms with van der Waals surface area (Å²) in [5.41, 5.74) is 5.09. The Labute approximate surface area is 156 Å². The van der Waals surface area contributed by atoms with Crippen LogP contribution in [0.5, 0.6) is 0 Å². The van der Waals surface area contributed by atoms with E-state index in [1.807, 2.05) is 62.4 Å². The first-order chi connectivity index (χ1) is 12.6. The summed E-state index contributed by atoms with van der Waals surface area (Å²) < 4.78 is 5.57. The number of benzene rings is 2. The summed E-state index contributed by atoms with van der Waals surface area (Å²) in [6, 6.07) is 15.8. The Bertz CT molecular complexity index is 1070. The number of halogens is 1. The van der Waals surface area contributed by atoms with Crippen LogP contribution in [-0.4, -0.2) is 15.1 Å². The average Bonchev–Trinajstić information content (AvgIpc) is 3.05. The smallest absolute Gasteiger partial charge is 0.228 e. The Hall–Kier alpha value is -2.92. The molecule has 2 aromatic heterocycles. The van der Waals surface area contributed by atoms with Gasteiger partial charge in [0.25, 0.3) is 0 Å². The number of nitrogens with one attached hydrogen (secondary N) is 1. The molecule has 0 atom stereocenters. The van der Waals surface area contributed by atoms with Gasteiger partial charge in [0.2, 0.25) is 5.58 Å². The largest absolute Gasteiger partial charge is 0.363 e. The number of aryl methyl sites for hydroxylation is 2. The number of hydrogen-bond donors (Lipinski definition) is 1. The molecule has 0 aliphatic rings. The molecule has 2 heterocycles. The normalized spacial score (nSPS) is 11.0. The van der Waals surface area contributed by atoms with Crippen LogP contribution in [0.3, 0.4) is 0 Å². The Morgan fingerprint density at radius 2 is 1.77 bits per heavy atom. The molecule has 0 saturated heterocycles. The molecule has 130 valence electrons. The van der Waals surface area contributed by atoms with Crippen LogP contribution in [0.1, 0.15) is 17.0 Å². The van der Waals surface area contributed by atoms with Crippen LogP contribution in [0.4, 0.5) is 5.82 Å². The number of nitrogens with zero attached hydrogens (tertiary/aromatic N) is 3. The minimum absolute atomic E-state index is 0.534. The fourth-order valence-corrected chi connectivity index (χ4v) is 2.99. The molecule has 0 spiro atoms. The quantitative estimate of drug-likeness (QED) is 0.541. The number of fused-ring (bicyclic) bond motifs is 1. The molecule has 0 unspecified atom stereocenters. The molecule has 0 radical (unpaired) electrons. The second-order valence-electron chi connectivity index (χ2n) is 6.14. The molecule has 4 rings (SSSR count). The number of aromatic nitrogens is 3. The number of rotatable bonds is 4. The van der Waals surface area contributed by atoms with E-state index in [9.17, 15) is 0 Å². The highest BCUT2D eigenvalue weighted by molar-refractivity contribution is 6.31. The van der Waals surface area contributed by atoms with Crippen LogP contribution >= 0.6 is 11.6 Å². The van der Waals surface area contributed by atoms with Gasteiger partial charge in [0, 0.05) is 17.1 Å². The van der Waals surface area contributed by atoms with Crippen molar-refractivity contribution in [2.75, 3.05) is 5.32 Å². The van der Waals surface area contributed by atoms with E-state index in [0.717, 1.165) is 11.1 Å². The van der Waals surface area contributed by atoms with Crippen molar-refractivity contribution in [1.82, 2.24) is 15.1 Å². The zero-order valence-electron chi connectivity index (χ0n) is 14.5. The van der Waals surface area contributed by atoms with Crippen molar-refractivity contribution >= 4 is 28.5 Å². The van der Waals surface area contributed by atoms with Crippen molar-refractivity contribution in [3.63, 3.8) is 0 Å². The maximum Gasteiger partial charge on any atom is 0.228 e. The van der Waals surface area contributed by atoms with Crippen molar-refractivity contribution in [1.29, 1.82) is 0 Å². The molecule has 5 nitrogen and oxygen atoms in total. The SMILES string of the molecule is Cc1ccc(-c2noc3c(NCc4ccccc4Cl)nc(C)nc23)cc1. The molecular weight excluding hydrogens is 348 g/mol. The van der Waals surface area contributed by atoms with Gasteiger partial charge < -0.3 is 9.84 Å². The summed E-state index contributed by atoms with van der Waals surface area (Å²) in [6.45, 7) is 4.44. The van der Waals surface area contributed by atoms with Crippen molar-refractivity contribution in [2.45, 2.75) is 20.4 Å². The van der Waals surface area contributed by atoms with Gasteiger partial charge in [0.1, 0.15) is 17.0 Å². The van der Waals surface area contributed by atoms with Gasteiger partial charge in [-0.05, 0) is 25.5 Å². The topological polar surface area (TPSA) is 63.8 Å². The van der Waals surface area contributed by atoms with Gasteiger partial charge >= 0.3 is 0 Å². The maximum absolute atomic E-state index is 6.23. The molecule has 4 aromatic rings. The molecule has 0 amide bonds. The van der Waals surface area contributed by atoms with Gasteiger partial charge in [0.15, 0.2) is 5.82 Å². The maximum atomic E-state index is 6.23. The summed E-state index contributed by atoms with van der Waals surface area (Å²) in [7, 11) is 0. The van der Waals surface area contributed by atoms with E-state index < -0.39 is 0 Å². The van der Waals surface area contributed by atoms with Crippen molar-refractivity contribution < 1.29 is 4.52 Å². The van der Waals surface area contributed by atoms with Crippen LogP contribution in [0.15, 0.2) is 53.1 Å². The van der Waals surface area contributed by atoms with Crippen molar-refractivity contribution in [3.8, 4) is 11.3 Å². The third-order valence-electron chi connectivity index (χ3n) is 4.16. The first-order valence-corrected chi connectivity index (χ1v) is 8.68. The highest BCUT2D eigenvalue weighted by Crippen LogP contribution is 2.30. The molecule has 0 aliphatic heterocycles. The second-order valence-corrected chi connectivity index (χ2v) is 6.55. The lowest BCUT2D eigenvalue weighted by Gasteiger charge is -2.08.